The number of β-amino-alcohol motifs (C(OH)–C–C–N with tert-alkyl or cyclic N) is 1. The van der Waals surface area contributed by atoms with Crippen LogP contribution in [0.3, 0.4) is 0 Å². The van der Waals surface area contributed by atoms with E-state index in [1.165, 1.54) is 17.0 Å². The van der Waals surface area contributed by atoms with E-state index in [0.29, 0.717) is 19.5 Å². The first-order valence-corrected chi connectivity index (χ1v) is 6.89. The summed E-state index contributed by atoms with van der Waals surface area (Å²) in [6, 6.07) is 3.73. The van der Waals surface area contributed by atoms with E-state index in [1.807, 2.05) is 6.92 Å². The maximum absolute atomic E-state index is 12.9. The van der Waals surface area contributed by atoms with Crippen molar-refractivity contribution in [3.8, 4) is 5.75 Å². The zero-order chi connectivity index (χ0) is 14.8. The van der Waals surface area contributed by atoms with Gasteiger partial charge >= 0.3 is 0 Å². The van der Waals surface area contributed by atoms with Gasteiger partial charge in [0.05, 0.1) is 23.7 Å². The molecule has 0 saturated carbocycles. The molecule has 1 aliphatic heterocycles. The minimum atomic E-state index is -0.752. The summed E-state index contributed by atoms with van der Waals surface area (Å²) in [4.78, 5) is 13.4. The number of halogens is 2. The van der Waals surface area contributed by atoms with Crippen LogP contribution < -0.4 is 4.74 Å². The Morgan fingerprint density at radius 2 is 2.25 bits per heavy atom. The van der Waals surface area contributed by atoms with E-state index < -0.39 is 11.4 Å². The Labute approximate surface area is 122 Å². The Balaban J connectivity index is 1.82. The maximum Gasteiger partial charge on any atom is 0.260 e. The molecule has 1 aromatic rings. The van der Waals surface area contributed by atoms with Crippen LogP contribution in [0.1, 0.15) is 19.8 Å². The van der Waals surface area contributed by atoms with Crippen molar-refractivity contribution < 1.29 is 19.0 Å². The van der Waals surface area contributed by atoms with Crippen LogP contribution in [0.15, 0.2) is 18.2 Å². The smallest absolute Gasteiger partial charge is 0.260 e. The topological polar surface area (TPSA) is 49.8 Å². The number of ether oxygens (including phenoxy) is 1. The number of carbonyl (C=O) groups is 1. The standard InChI is InChI=1S/C14H17ClFNO3/c1-2-5-14(19)8-17(9-14)13(18)7-20-12-4-3-10(16)6-11(12)15/h3-4,6,19H,2,5,7-9H2,1H3. The van der Waals surface area contributed by atoms with E-state index in [1.54, 1.807) is 0 Å². The summed E-state index contributed by atoms with van der Waals surface area (Å²) < 4.78 is 18.1. The number of hydrogen-bond acceptors (Lipinski definition) is 3. The Bertz CT molecular complexity index is 503. The second-order valence-corrected chi connectivity index (χ2v) is 5.49. The van der Waals surface area contributed by atoms with Gasteiger partial charge in [-0.25, -0.2) is 4.39 Å². The molecule has 4 nitrogen and oxygen atoms in total. The molecule has 110 valence electrons. The van der Waals surface area contributed by atoms with E-state index in [4.69, 9.17) is 16.3 Å². The van der Waals surface area contributed by atoms with Gasteiger partial charge in [-0.3, -0.25) is 4.79 Å². The number of aliphatic hydroxyl groups is 1. The van der Waals surface area contributed by atoms with E-state index in [0.717, 1.165) is 12.5 Å². The SMILES string of the molecule is CCCC1(O)CN(C(=O)COc2ccc(F)cc2Cl)C1. The van der Waals surface area contributed by atoms with Crippen molar-refractivity contribution in [2.24, 2.45) is 0 Å². The van der Waals surface area contributed by atoms with Crippen LogP contribution in [0.2, 0.25) is 5.02 Å². The van der Waals surface area contributed by atoms with Crippen molar-refractivity contribution in [3.63, 3.8) is 0 Å². The first-order chi connectivity index (χ1) is 9.43. The molecule has 2 rings (SSSR count). The van der Waals surface area contributed by atoms with Crippen molar-refractivity contribution in [3.05, 3.63) is 29.0 Å². The number of hydrogen-bond donors (Lipinski definition) is 1. The number of rotatable bonds is 5. The fourth-order valence-electron chi connectivity index (χ4n) is 2.29. The number of carbonyl (C=O) groups excluding carboxylic acids is 1. The molecule has 1 aliphatic rings. The van der Waals surface area contributed by atoms with Gasteiger partial charge in [0.15, 0.2) is 6.61 Å². The quantitative estimate of drug-likeness (QED) is 0.907. The molecule has 1 amide bonds. The summed E-state index contributed by atoms with van der Waals surface area (Å²) in [5, 5.41) is 10.1. The third-order valence-electron chi connectivity index (χ3n) is 3.28. The Morgan fingerprint density at radius 3 is 2.85 bits per heavy atom. The molecule has 0 atom stereocenters. The monoisotopic (exact) mass is 301 g/mol. The van der Waals surface area contributed by atoms with Crippen molar-refractivity contribution in [1.29, 1.82) is 0 Å². The lowest BCUT2D eigenvalue weighted by Crippen LogP contribution is -2.64. The fourth-order valence-corrected chi connectivity index (χ4v) is 2.51. The zero-order valence-corrected chi connectivity index (χ0v) is 12.0. The van der Waals surface area contributed by atoms with Gasteiger partial charge in [-0.15, -0.1) is 0 Å². The molecule has 1 aromatic carbocycles. The lowest BCUT2D eigenvalue weighted by molar-refractivity contribution is -0.158. The molecular formula is C14H17ClFNO3. The van der Waals surface area contributed by atoms with Gasteiger partial charge in [-0.05, 0) is 24.6 Å². The van der Waals surface area contributed by atoms with Gasteiger partial charge in [-0.2, -0.15) is 0 Å². The summed E-state index contributed by atoms with van der Waals surface area (Å²) in [5.74, 6) is -0.405. The van der Waals surface area contributed by atoms with E-state index in [2.05, 4.69) is 0 Å². The Morgan fingerprint density at radius 1 is 1.55 bits per heavy atom. The molecule has 1 heterocycles. The van der Waals surface area contributed by atoms with Crippen molar-refractivity contribution in [2.75, 3.05) is 19.7 Å². The van der Waals surface area contributed by atoms with Gasteiger partial charge in [0.25, 0.3) is 5.91 Å². The van der Waals surface area contributed by atoms with Gasteiger partial charge in [0.1, 0.15) is 11.6 Å². The predicted molar refractivity (Wildman–Crippen MR) is 73.3 cm³/mol. The first-order valence-electron chi connectivity index (χ1n) is 6.51. The largest absolute Gasteiger partial charge is 0.482 e. The minimum absolute atomic E-state index is 0.129. The number of benzene rings is 1. The number of nitrogens with zero attached hydrogens (tertiary/aromatic N) is 1. The van der Waals surface area contributed by atoms with Crippen molar-refractivity contribution in [2.45, 2.75) is 25.4 Å². The molecule has 6 heteroatoms. The molecule has 0 radical (unpaired) electrons. The fraction of sp³-hybridized carbons (Fsp3) is 0.500. The van der Waals surface area contributed by atoms with E-state index >= 15 is 0 Å². The lowest BCUT2D eigenvalue weighted by atomic mass is 9.89. The van der Waals surface area contributed by atoms with Crippen LogP contribution in [0.25, 0.3) is 0 Å². The van der Waals surface area contributed by atoms with Crippen LogP contribution in [0.4, 0.5) is 4.39 Å². The van der Waals surface area contributed by atoms with Crippen LogP contribution in [-0.4, -0.2) is 41.2 Å². The predicted octanol–water partition coefficient (Wildman–Crippen LogP) is 2.23. The summed E-state index contributed by atoms with van der Waals surface area (Å²) in [6.07, 6.45) is 1.56. The molecule has 1 N–H and O–H groups in total. The normalized spacial score (nSPS) is 16.7. The summed E-state index contributed by atoms with van der Waals surface area (Å²) >= 11 is 5.80. The second kappa shape index (κ2) is 5.97. The highest BCUT2D eigenvalue weighted by Crippen LogP contribution is 2.27. The summed E-state index contributed by atoms with van der Waals surface area (Å²) in [6.45, 7) is 2.48. The minimum Gasteiger partial charge on any atom is -0.482 e. The molecule has 20 heavy (non-hydrogen) atoms. The van der Waals surface area contributed by atoms with Gasteiger partial charge in [0, 0.05) is 0 Å². The molecule has 0 spiro atoms. The summed E-state index contributed by atoms with van der Waals surface area (Å²) in [5.41, 5.74) is -0.752. The average molecular weight is 302 g/mol. The highest BCUT2D eigenvalue weighted by Gasteiger charge is 2.42. The Hall–Kier alpha value is -1.33. The third kappa shape index (κ3) is 3.41. The molecule has 0 unspecified atom stereocenters. The highest BCUT2D eigenvalue weighted by molar-refractivity contribution is 6.32. The summed E-state index contributed by atoms with van der Waals surface area (Å²) in [7, 11) is 0. The second-order valence-electron chi connectivity index (χ2n) is 5.09. The Kier molecular flexibility index (Phi) is 4.50. The first kappa shape index (κ1) is 15.1. The van der Waals surface area contributed by atoms with Crippen molar-refractivity contribution >= 4 is 17.5 Å². The molecule has 0 bridgehead atoms. The van der Waals surface area contributed by atoms with Crippen LogP contribution in [0.5, 0.6) is 5.75 Å². The highest BCUT2D eigenvalue weighted by atomic mass is 35.5. The third-order valence-corrected chi connectivity index (χ3v) is 3.58. The molecule has 0 aromatic heterocycles. The zero-order valence-electron chi connectivity index (χ0n) is 11.2. The van der Waals surface area contributed by atoms with E-state index in [9.17, 15) is 14.3 Å². The van der Waals surface area contributed by atoms with E-state index in [-0.39, 0.29) is 23.3 Å². The molecule has 0 aliphatic carbocycles. The van der Waals surface area contributed by atoms with Gasteiger partial charge in [-0.1, -0.05) is 24.9 Å². The van der Waals surface area contributed by atoms with Crippen LogP contribution in [0, 0.1) is 5.82 Å². The van der Waals surface area contributed by atoms with Gasteiger partial charge < -0.3 is 14.7 Å². The van der Waals surface area contributed by atoms with Crippen LogP contribution in [-0.2, 0) is 4.79 Å². The van der Waals surface area contributed by atoms with Crippen LogP contribution >= 0.6 is 11.6 Å². The van der Waals surface area contributed by atoms with Crippen molar-refractivity contribution in [1.82, 2.24) is 4.90 Å². The molecular weight excluding hydrogens is 285 g/mol. The average Bonchev–Trinajstić information content (AvgIpc) is 2.34. The number of amides is 1. The van der Waals surface area contributed by atoms with Gasteiger partial charge in [0.2, 0.25) is 0 Å². The molecule has 1 fully saturated rings. The number of likely N-dealkylation sites (tertiary alicyclic amines) is 1. The lowest BCUT2D eigenvalue weighted by Gasteiger charge is -2.46. The molecule has 1 saturated heterocycles. The maximum atomic E-state index is 12.9.